The molecule has 6 heteroatoms. The maximum Gasteiger partial charge on any atom is 0.408 e. The summed E-state index contributed by atoms with van der Waals surface area (Å²) in [4.78, 5) is 23.5. The molecule has 0 saturated heterocycles. The fraction of sp³-hybridized carbons (Fsp3) is 0.857. The quantitative estimate of drug-likeness (QED) is 0.769. The molecule has 1 rings (SSSR count). The average molecular weight is 287 g/mol. The summed E-state index contributed by atoms with van der Waals surface area (Å²) in [5.41, 5.74) is -0.655. The molecule has 0 radical (unpaired) electrons. The van der Waals surface area contributed by atoms with Crippen molar-refractivity contribution >= 4 is 12.1 Å². The smallest absolute Gasteiger partial charge is 0.408 e. The van der Waals surface area contributed by atoms with E-state index in [0.717, 1.165) is 32.1 Å². The highest BCUT2D eigenvalue weighted by Crippen LogP contribution is 2.20. The maximum atomic E-state index is 11.9. The molecule has 20 heavy (non-hydrogen) atoms. The van der Waals surface area contributed by atoms with Crippen LogP contribution in [0.1, 0.15) is 52.9 Å². The van der Waals surface area contributed by atoms with Gasteiger partial charge in [0.1, 0.15) is 11.7 Å². The summed E-state index contributed by atoms with van der Waals surface area (Å²) in [6, 6.07) is -1.08. The molecule has 1 atom stereocenters. The van der Waals surface area contributed by atoms with Crippen molar-refractivity contribution in [3.8, 4) is 0 Å². The van der Waals surface area contributed by atoms with Crippen LogP contribution in [0.5, 0.6) is 0 Å². The Morgan fingerprint density at radius 3 is 2.35 bits per heavy atom. The number of carbonyl (C=O) groups excluding carboxylic acids is 2. The Morgan fingerprint density at radius 2 is 1.85 bits per heavy atom. The first kappa shape index (κ1) is 16.8. The standard InChI is InChI=1S/C14H25NO5/c1-14(2,3)20-13(18)15-11(9-16)12(17)19-10-7-5-4-6-8-10/h10-11,16H,4-9H2,1-3H3,(H,15,18). The van der Waals surface area contributed by atoms with Gasteiger partial charge in [-0.15, -0.1) is 0 Å². The van der Waals surface area contributed by atoms with Crippen molar-refractivity contribution in [2.24, 2.45) is 0 Å². The van der Waals surface area contributed by atoms with Crippen molar-refractivity contribution in [2.75, 3.05) is 6.61 Å². The van der Waals surface area contributed by atoms with E-state index in [4.69, 9.17) is 9.47 Å². The molecular formula is C14H25NO5. The van der Waals surface area contributed by atoms with Crippen LogP contribution in [-0.4, -0.2) is 41.5 Å². The van der Waals surface area contributed by atoms with E-state index in [1.54, 1.807) is 20.8 Å². The number of hydrogen-bond acceptors (Lipinski definition) is 5. The molecular weight excluding hydrogens is 262 g/mol. The minimum atomic E-state index is -1.08. The van der Waals surface area contributed by atoms with Gasteiger partial charge in [0.05, 0.1) is 6.61 Å². The van der Waals surface area contributed by atoms with Gasteiger partial charge in [0.15, 0.2) is 6.04 Å². The van der Waals surface area contributed by atoms with Crippen molar-refractivity contribution in [3.05, 3.63) is 0 Å². The second kappa shape index (κ2) is 7.47. The number of aliphatic hydroxyl groups excluding tert-OH is 1. The Kier molecular flexibility index (Phi) is 6.26. The lowest BCUT2D eigenvalue weighted by atomic mass is 9.98. The number of nitrogens with one attached hydrogen (secondary N) is 1. The van der Waals surface area contributed by atoms with Crippen LogP contribution in [0, 0.1) is 0 Å². The van der Waals surface area contributed by atoms with E-state index in [0.29, 0.717) is 0 Å². The lowest BCUT2D eigenvalue weighted by Crippen LogP contribution is -2.47. The van der Waals surface area contributed by atoms with Crippen LogP contribution in [0.15, 0.2) is 0 Å². The first-order valence-corrected chi connectivity index (χ1v) is 7.12. The Labute approximate surface area is 119 Å². The molecule has 0 heterocycles. The van der Waals surface area contributed by atoms with Gasteiger partial charge in [0.25, 0.3) is 0 Å². The molecule has 0 aromatic heterocycles. The lowest BCUT2D eigenvalue weighted by molar-refractivity contribution is -0.154. The summed E-state index contributed by atoms with van der Waals surface area (Å²) in [6.45, 7) is 4.66. The number of rotatable bonds is 4. The van der Waals surface area contributed by atoms with Gasteiger partial charge in [-0.05, 0) is 46.5 Å². The molecule has 0 aromatic carbocycles. The zero-order chi connectivity index (χ0) is 15.2. The van der Waals surface area contributed by atoms with E-state index in [9.17, 15) is 14.7 Å². The van der Waals surface area contributed by atoms with Crippen LogP contribution in [0.25, 0.3) is 0 Å². The molecule has 1 saturated carbocycles. The molecule has 0 spiro atoms. The molecule has 1 aliphatic carbocycles. The number of alkyl carbamates (subject to hydrolysis) is 1. The van der Waals surface area contributed by atoms with Crippen LogP contribution in [0.3, 0.4) is 0 Å². The number of carbonyl (C=O) groups is 2. The van der Waals surface area contributed by atoms with Gasteiger partial charge >= 0.3 is 12.1 Å². The van der Waals surface area contributed by atoms with Gasteiger partial charge < -0.3 is 19.9 Å². The molecule has 1 unspecified atom stereocenters. The van der Waals surface area contributed by atoms with E-state index < -0.39 is 30.3 Å². The largest absolute Gasteiger partial charge is 0.461 e. The minimum Gasteiger partial charge on any atom is -0.461 e. The molecule has 1 aliphatic rings. The number of aliphatic hydroxyl groups is 1. The van der Waals surface area contributed by atoms with Gasteiger partial charge in [0.2, 0.25) is 0 Å². The van der Waals surface area contributed by atoms with E-state index in [2.05, 4.69) is 5.32 Å². The zero-order valence-corrected chi connectivity index (χ0v) is 12.5. The van der Waals surface area contributed by atoms with Crippen molar-refractivity contribution < 1.29 is 24.2 Å². The van der Waals surface area contributed by atoms with E-state index in [-0.39, 0.29) is 6.10 Å². The lowest BCUT2D eigenvalue weighted by Gasteiger charge is -2.25. The van der Waals surface area contributed by atoms with Gasteiger partial charge in [-0.1, -0.05) is 6.42 Å². The monoisotopic (exact) mass is 287 g/mol. The number of amides is 1. The molecule has 2 N–H and O–H groups in total. The summed E-state index contributed by atoms with van der Waals surface area (Å²) >= 11 is 0. The average Bonchev–Trinajstić information content (AvgIpc) is 2.35. The van der Waals surface area contributed by atoms with E-state index in [1.807, 2.05) is 0 Å². The number of esters is 1. The van der Waals surface area contributed by atoms with Gasteiger partial charge in [-0.2, -0.15) is 0 Å². The predicted molar refractivity (Wildman–Crippen MR) is 73.2 cm³/mol. The number of hydrogen-bond donors (Lipinski definition) is 2. The Bertz CT molecular complexity index is 331. The Hall–Kier alpha value is -1.30. The van der Waals surface area contributed by atoms with Gasteiger partial charge in [-0.3, -0.25) is 0 Å². The SMILES string of the molecule is CC(C)(C)OC(=O)NC(CO)C(=O)OC1CCCCC1. The molecule has 0 aliphatic heterocycles. The highest BCUT2D eigenvalue weighted by Gasteiger charge is 2.27. The summed E-state index contributed by atoms with van der Waals surface area (Å²) in [6.07, 6.45) is 4.09. The Morgan fingerprint density at radius 1 is 1.25 bits per heavy atom. The molecule has 0 aromatic rings. The summed E-state index contributed by atoms with van der Waals surface area (Å²) in [5.74, 6) is -0.606. The second-order valence-electron chi connectivity index (χ2n) is 6.08. The fourth-order valence-electron chi connectivity index (χ4n) is 2.06. The third-order valence-corrected chi connectivity index (χ3v) is 2.99. The summed E-state index contributed by atoms with van der Waals surface area (Å²) < 4.78 is 10.3. The van der Waals surface area contributed by atoms with Crippen LogP contribution >= 0.6 is 0 Å². The van der Waals surface area contributed by atoms with Crippen LogP contribution in [-0.2, 0) is 14.3 Å². The first-order chi connectivity index (χ1) is 9.31. The van der Waals surface area contributed by atoms with Crippen LogP contribution < -0.4 is 5.32 Å². The topological polar surface area (TPSA) is 84.9 Å². The van der Waals surface area contributed by atoms with Gasteiger partial charge in [0, 0.05) is 0 Å². The molecule has 6 nitrogen and oxygen atoms in total. The van der Waals surface area contributed by atoms with Crippen LogP contribution in [0.4, 0.5) is 4.79 Å². The highest BCUT2D eigenvalue weighted by molar-refractivity contribution is 5.81. The summed E-state index contributed by atoms with van der Waals surface area (Å²) in [5, 5.41) is 11.5. The van der Waals surface area contributed by atoms with Crippen molar-refractivity contribution in [2.45, 2.75) is 70.6 Å². The van der Waals surface area contributed by atoms with Gasteiger partial charge in [-0.25, -0.2) is 9.59 Å². The van der Waals surface area contributed by atoms with Crippen molar-refractivity contribution in [1.82, 2.24) is 5.32 Å². The zero-order valence-electron chi connectivity index (χ0n) is 12.5. The normalized spacial score (nSPS) is 18.2. The maximum absolute atomic E-state index is 11.9. The molecule has 1 amide bonds. The Balaban J connectivity index is 2.43. The number of ether oxygens (including phenoxy) is 2. The third-order valence-electron chi connectivity index (χ3n) is 2.99. The molecule has 116 valence electrons. The van der Waals surface area contributed by atoms with Crippen LogP contribution in [0.2, 0.25) is 0 Å². The minimum absolute atomic E-state index is 0.106. The van der Waals surface area contributed by atoms with E-state index in [1.165, 1.54) is 0 Å². The van der Waals surface area contributed by atoms with Crippen molar-refractivity contribution in [1.29, 1.82) is 0 Å². The third kappa shape index (κ3) is 6.23. The highest BCUT2D eigenvalue weighted by atomic mass is 16.6. The predicted octanol–water partition coefficient (Wildman–Crippen LogP) is 1.75. The first-order valence-electron chi connectivity index (χ1n) is 7.12. The molecule has 1 fully saturated rings. The molecule has 0 bridgehead atoms. The van der Waals surface area contributed by atoms with E-state index >= 15 is 0 Å². The fourth-order valence-corrected chi connectivity index (χ4v) is 2.06. The summed E-state index contributed by atoms with van der Waals surface area (Å²) in [7, 11) is 0. The van der Waals surface area contributed by atoms with Crippen molar-refractivity contribution in [3.63, 3.8) is 0 Å². The second-order valence-corrected chi connectivity index (χ2v) is 6.08.